The fourth-order valence-corrected chi connectivity index (χ4v) is 4.38. The molecule has 1 saturated carbocycles. The average Bonchev–Trinajstić information content (AvgIpc) is 3.14. The fraction of sp³-hybridized carbons (Fsp3) is 0.526. The van der Waals surface area contributed by atoms with Gasteiger partial charge in [0.2, 0.25) is 17.7 Å². The molecule has 5 nitrogen and oxygen atoms in total. The molecule has 2 fully saturated rings. The van der Waals surface area contributed by atoms with Gasteiger partial charge in [0.15, 0.2) is 0 Å². The molecule has 2 atom stereocenters. The lowest BCUT2D eigenvalue weighted by Gasteiger charge is -2.19. The van der Waals surface area contributed by atoms with Crippen LogP contribution < -0.4 is 5.32 Å². The molecular weight excluding hydrogens is 304 g/mol. The van der Waals surface area contributed by atoms with E-state index in [2.05, 4.69) is 11.4 Å². The maximum Gasteiger partial charge on any atom is 0.244 e. The molecule has 0 bridgehead atoms. The molecule has 126 valence electrons. The highest BCUT2D eigenvalue weighted by Crippen LogP contribution is 2.37. The minimum atomic E-state index is -0.298. The summed E-state index contributed by atoms with van der Waals surface area (Å²) in [5.41, 5.74) is 3.38. The van der Waals surface area contributed by atoms with Crippen LogP contribution in [0.5, 0.6) is 0 Å². The van der Waals surface area contributed by atoms with Gasteiger partial charge >= 0.3 is 0 Å². The molecule has 4 rings (SSSR count). The number of aryl methyl sites for hydroxylation is 2. The van der Waals surface area contributed by atoms with E-state index in [9.17, 15) is 14.4 Å². The highest BCUT2D eigenvalue weighted by Gasteiger charge is 2.48. The first-order chi connectivity index (χ1) is 11.6. The van der Waals surface area contributed by atoms with Crippen LogP contribution >= 0.6 is 0 Å². The Morgan fingerprint density at radius 1 is 1.00 bits per heavy atom. The van der Waals surface area contributed by atoms with Crippen molar-refractivity contribution in [1.82, 2.24) is 4.90 Å². The number of nitrogens with one attached hydrogen (secondary N) is 1. The van der Waals surface area contributed by atoms with Crippen LogP contribution in [0.25, 0.3) is 0 Å². The Morgan fingerprint density at radius 2 is 1.67 bits per heavy atom. The number of hydrogen-bond acceptors (Lipinski definition) is 3. The van der Waals surface area contributed by atoms with Gasteiger partial charge in [-0.15, -0.1) is 0 Å². The van der Waals surface area contributed by atoms with Crippen LogP contribution in [-0.2, 0) is 27.2 Å². The van der Waals surface area contributed by atoms with Crippen molar-refractivity contribution in [3.8, 4) is 0 Å². The zero-order valence-electron chi connectivity index (χ0n) is 13.7. The summed E-state index contributed by atoms with van der Waals surface area (Å²) in [6.45, 7) is -0.165. The molecular formula is C19H22N2O3. The number of rotatable bonds is 3. The molecule has 3 aliphatic rings. The van der Waals surface area contributed by atoms with E-state index in [4.69, 9.17) is 0 Å². The standard InChI is InChI=1S/C19H22N2O3/c22-17(20-14-9-8-12-4-3-5-13(12)10-14)11-21-18(23)15-6-1-2-7-16(15)19(21)24/h8-10,15-16H,1-7,11H2,(H,20,22). The zero-order chi connectivity index (χ0) is 16.7. The molecule has 1 N–H and O–H groups in total. The Balaban J connectivity index is 1.42. The molecule has 1 saturated heterocycles. The van der Waals surface area contributed by atoms with Gasteiger partial charge in [0, 0.05) is 5.69 Å². The second-order valence-electron chi connectivity index (χ2n) is 7.15. The van der Waals surface area contributed by atoms with Crippen LogP contribution in [0.1, 0.15) is 43.2 Å². The van der Waals surface area contributed by atoms with Crippen LogP contribution in [-0.4, -0.2) is 29.2 Å². The molecule has 24 heavy (non-hydrogen) atoms. The molecule has 2 aliphatic carbocycles. The third-order valence-corrected chi connectivity index (χ3v) is 5.62. The van der Waals surface area contributed by atoms with E-state index in [1.807, 2.05) is 12.1 Å². The minimum absolute atomic E-state index is 0.159. The van der Waals surface area contributed by atoms with Gasteiger partial charge in [-0.05, 0) is 55.4 Å². The van der Waals surface area contributed by atoms with Gasteiger partial charge < -0.3 is 5.32 Å². The summed E-state index contributed by atoms with van der Waals surface area (Å²) in [4.78, 5) is 38.3. The maximum absolute atomic E-state index is 12.4. The highest BCUT2D eigenvalue weighted by molar-refractivity contribution is 6.08. The van der Waals surface area contributed by atoms with Gasteiger partial charge in [0.05, 0.1) is 11.8 Å². The first-order valence-electron chi connectivity index (χ1n) is 8.90. The number of fused-ring (bicyclic) bond motifs is 2. The van der Waals surface area contributed by atoms with Gasteiger partial charge in [-0.25, -0.2) is 0 Å². The number of carbonyl (C=O) groups excluding carboxylic acids is 3. The van der Waals surface area contributed by atoms with Crippen molar-refractivity contribution >= 4 is 23.4 Å². The predicted octanol–water partition coefficient (Wildman–Crippen LogP) is 2.29. The number of imide groups is 1. The summed E-state index contributed by atoms with van der Waals surface area (Å²) < 4.78 is 0. The van der Waals surface area contributed by atoms with Crippen LogP contribution in [0.3, 0.4) is 0 Å². The maximum atomic E-state index is 12.4. The van der Waals surface area contributed by atoms with Crippen LogP contribution in [0.2, 0.25) is 0 Å². The van der Waals surface area contributed by atoms with Gasteiger partial charge in [-0.1, -0.05) is 18.9 Å². The van der Waals surface area contributed by atoms with Gasteiger partial charge in [0.25, 0.3) is 0 Å². The Hall–Kier alpha value is -2.17. The average molecular weight is 326 g/mol. The number of anilines is 1. The third-order valence-electron chi connectivity index (χ3n) is 5.62. The number of nitrogens with zero attached hydrogens (tertiary/aromatic N) is 1. The van der Waals surface area contributed by atoms with Crippen molar-refractivity contribution in [3.05, 3.63) is 29.3 Å². The Labute approximate surface area is 141 Å². The quantitative estimate of drug-likeness (QED) is 0.867. The fourth-order valence-electron chi connectivity index (χ4n) is 4.38. The summed E-state index contributed by atoms with van der Waals surface area (Å²) in [6.07, 6.45) is 6.85. The van der Waals surface area contributed by atoms with E-state index >= 15 is 0 Å². The van der Waals surface area contributed by atoms with Crippen LogP contribution in [0.15, 0.2) is 18.2 Å². The number of benzene rings is 1. The summed E-state index contributed by atoms with van der Waals surface area (Å²) in [5, 5.41) is 2.84. The highest BCUT2D eigenvalue weighted by atomic mass is 16.2. The molecule has 3 amide bonds. The smallest absolute Gasteiger partial charge is 0.244 e. The number of carbonyl (C=O) groups is 3. The van der Waals surface area contributed by atoms with Gasteiger partial charge in [-0.3, -0.25) is 19.3 Å². The normalized spacial score (nSPS) is 25.6. The molecule has 0 spiro atoms. The van der Waals surface area contributed by atoms with Crippen molar-refractivity contribution in [1.29, 1.82) is 0 Å². The summed E-state index contributed by atoms with van der Waals surface area (Å²) in [5.74, 6) is -1.01. The lowest BCUT2D eigenvalue weighted by atomic mass is 9.81. The van der Waals surface area contributed by atoms with Gasteiger partial charge in [-0.2, -0.15) is 0 Å². The van der Waals surface area contributed by atoms with Gasteiger partial charge in [0.1, 0.15) is 6.54 Å². The van der Waals surface area contributed by atoms with Crippen LogP contribution in [0, 0.1) is 11.8 Å². The van der Waals surface area contributed by atoms with E-state index in [0.717, 1.165) is 50.6 Å². The second-order valence-corrected chi connectivity index (χ2v) is 7.15. The van der Waals surface area contributed by atoms with E-state index in [-0.39, 0.29) is 36.1 Å². The Kier molecular flexibility index (Phi) is 3.87. The predicted molar refractivity (Wildman–Crippen MR) is 89.3 cm³/mol. The van der Waals surface area contributed by atoms with E-state index in [1.165, 1.54) is 16.0 Å². The molecule has 1 aromatic rings. The van der Waals surface area contributed by atoms with E-state index in [0.29, 0.717) is 0 Å². The van der Waals surface area contributed by atoms with Crippen molar-refractivity contribution in [2.75, 3.05) is 11.9 Å². The van der Waals surface area contributed by atoms with Crippen molar-refractivity contribution in [2.45, 2.75) is 44.9 Å². The summed E-state index contributed by atoms with van der Waals surface area (Å²) in [6, 6.07) is 5.96. The topological polar surface area (TPSA) is 66.5 Å². The zero-order valence-corrected chi connectivity index (χ0v) is 13.7. The lowest BCUT2D eigenvalue weighted by molar-refractivity contribution is -0.142. The van der Waals surface area contributed by atoms with Crippen LogP contribution in [0.4, 0.5) is 5.69 Å². The Bertz CT molecular complexity index is 689. The summed E-state index contributed by atoms with van der Waals surface area (Å²) in [7, 11) is 0. The third kappa shape index (κ3) is 2.62. The summed E-state index contributed by atoms with van der Waals surface area (Å²) >= 11 is 0. The minimum Gasteiger partial charge on any atom is -0.325 e. The lowest BCUT2D eigenvalue weighted by Crippen LogP contribution is -2.38. The van der Waals surface area contributed by atoms with Crippen molar-refractivity contribution in [3.63, 3.8) is 0 Å². The van der Waals surface area contributed by atoms with E-state index < -0.39 is 0 Å². The number of hydrogen-bond donors (Lipinski definition) is 1. The first-order valence-corrected chi connectivity index (χ1v) is 8.90. The first kappa shape index (κ1) is 15.4. The molecule has 5 heteroatoms. The Morgan fingerprint density at radius 3 is 2.38 bits per heavy atom. The second kappa shape index (κ2) is 6.04. The molecule has 0 aromatic heterocycles. The van der Waals surface area contributed by atoms with Crippen molar-refractivity contribution in [2.24, 2.45) is 11.8 Å². The molecule has 0 radical (unpaired) electrons. The SMILES string of the molecule is O=C(CN1C(=O)C2CCCCC2C1=O)Nc1ccc2c(c1)CCC2. The number of likely N-dealkylation sites (tertiary alicyclic amines) is 1. The molecule has 1 heterocycles. The number of amides is 3. The largest absolute Gasteiger partial charge is 0.325 e. The molecule has 1 aromatic carbocycles. The monoisotopic (exact) mass is 326 g/mol. The molecule has 2 unspecified atom stereocenters. The molecule has 1 aliphatic heterocycles. The van der Waals surface area contributed by atoms with E-state index in [1.54, 1.807) is 0 Å². The van der Waals surface area contributed by atoms with Crippen molar-refractivity contribution < 1.29 is 14.4 Å².